The van der Waals surface area contributed by atoms with Crippen molar-refractivity contribution in [2.45, 2.75) is 395 Å². The van der Waals surface area contributed by atoms with Crippen molar-refractivity contribution in [3.63, 3.8) is 0 Å². The summed E-state index contributed by atoms with van der Waals surface area (Å²) in [7, 11) is 0. The molecular weight excluding hydrogens is 869 g/mol. The Bertz CT molecular complexity index is 1000. The van der Waals surface area contributed by atoms with Crippen molar-refractivity contribution in [2.24, 2.45) is 11.3 Å². The first-order chi connectivity index (χ1) is 34.7. The highest BCUT2D eigenvalue weighted by Crippen LogP contribution is 2.26. The second kappa shape index (κ2) is 61.5. The molecule has 0 aromatic rings. The summed E-state index contributed by atoms with van der Waals surface area (Å²) >= 11 is 0. The zero-order chi connectivity index (χ0) is 52.2. The molecule has 0 N–H and O–H groups in total. The molecule has 426 valence electrons. The second-order valence-electron chi connectivity index (χ2n) is 24.2. The highest BCUT2D eigenvalue weighted by atomic mass is 16.5. The number of hydrogen-bond donors (Lipinski definition) is 0. The maximum atomic E-state index is 12.0. The van der Waals surface area contributed by atoms with Crippen LogP contribution in [0.15, 0.2) is 0 Å². The van der Waals surface area contributed by atoms with Gasteiger partial charge in [-0.25, -0.2) is 0 Å². The van der Waals surface area contributed by atoms with Crippen LogP contribution in [0.3, 0.4) is 0 Å². The Labute approximate surface area is 448 Å². The van der Waals surface area contributed by atoms with Crippen LogP contribution in [-0.4, -0.2) is 25.2 Å². The number of hydrogen-bond acceptors (Lipinski definition) is 4. The number of ether oxygens (including phenoxy) is 2. The molecule has 0 aliphatic rings. The number of carbonyl (C=O) groups is 2. The normalized spacial score (nSPS) is 12.0. The number of esters is 2. The van der Waals surface area contributed by atoms with Crippen molar-refractivity contribution >= 4 is 11.9 Å². The van der Waals surface area contributed by atoms with Crippen LogP contribution in [0.4, 0.5) is 0 Å². The molecule has 0 radical (unpaired) electrons. The lowest BCUT2D eigenvalue weighted by Gasteiger charge is -2.23. The highest BCUT2D eigenvalue weighted by molar-refractivity contribution is 5.69. The smallest absolute Gasteiger partial charge is 0.305 e. The maximum absolute atomic E-state index is 12.0. The standard InChI is InChI=1S/C40H80O2.C27H54O2/c1-3-5-7-9-11-13-15-17-19-21-22-23-24-26-28-30-32-34-36-38-40(41)42-39-37-35-33-31-29-27-25-20-18-16-14-12-10-8-6-4-2;1-6-7-8-9-10-11-12-13-14-15-16-17-18-19-20-21-26(28)29-23-22-25(2)24-27(3,4)5/h3-39H2,1-2H3;25H,6-24H2,1-5H3. The van der Waals surface area contributed by atoms with Crippen molar-refractivity contribution in [3.8, 4) is 0 Å². The van der Waals surface area contributed by atoms with Crippen LogP contribution < -0.4 is 0 Å². The Kier molecular flexibility index (Phi) is 62.4. The summed E-state index contributed by atoms with van der Waals surface area (Å²) in [5.41, 5.74) is 0.358. The summed E-state index contributed by atoms with van der Waals surface area (Å²) in [6, 6.07) is 0. The van der Waals surface area contributed by atoms with Gasteiger partial charge in [0.25, 0.3) is 0 Å². The molecule has 0 spiro atoms. The molecule has 1 unspecified atom stereocenters. The molecule has 0 heterocycles. The molecule has 0 aliphatic carbocycles. The van der Waals surface area contributed by atoms with Crippen molar-refractivity contribution in [1.29, 1.82) is 0 Å². The monoisotopic (exact) mass is 1000 g/mol. The summed E-state index contributed by atoms with van der Waals surface area (Å²) in [5, 5.41) is 0. The first-order valence-electron chi connectivity index (χ1n) is 33.0. The third-order valence-corrected chi connectivity index (χ3v) is 15.1. The van der Waals surface area contributed by atoms with E-state index in [2.05, 4.69) is 48.5 Å². The third kappa shape index (κ3) is 68.9. The predicted octanol–water partition coefficient (Wildman–Crippen LogP) is 23.9. The maximum Gasteiger partial charge on any atom is 0.305 e. The van der Waals surface area contributed by atoms with E-state index in [0.717, 1.165) is 25.7 Å². The fraction of sp³-hybridized carbons (Fsp3) is 0.970. The number of rotatable bonds is 57. The van der Waals surface area contributed by atoms with Crippen molar-refractivity contribution in [2.75, 3.05) is 13.2 Å². The summed E-state index contributed by atoms with van der Waals surface area (Å²) in [6.45, 7) is 17.2. The fourth-order valence-electron chi connectivity index (χ4n) is 10.5. The van der Waals surface area contributed by atoms with Crippen LogP contribution in [-0.2, 0) is 19.1 Å². The van der Waals surface area contributed by atoms with Gasteiger partial charge in [-0.2, -0.15) is 0 Å². The van der Waals surface area contributed by atoms with Gasteiger partial charge in [0.1, 0.15) is 0 Å². The molecule has 1 atom stereocenters. The molecule has 4 heteroatoms. The zero-order valence-corrected chi connectivity index (χ0v) is 50.3. The first kappa shape index (κ1) is 72.0. The Morgan fingerprint density at radius 2 is 0.493 bits per heavy atom. The number of carbonyl (C=O) groups excluding carboxylic acids is 2. The van der Waals surface area contributed by atoms with E-state index >= 15 is 0 Å². The van der Waals surface area contributed by atoms with E-state index in [-0.39, 0.29) is 11.9 Å². The Morgan fingerprint density at radius 1 is 0.296 bits per heavy atom. The molecule has 0 aliphatic heterocycles. The molecule has 0 saturated carbocycles. The summed E-state index contributed by atoms with van der Waals surface area (Å²) in [6.07, 6.45) is 72.1. The molecule has 71 heavy (non-hydrogen) atoms. The minimum atomic E-state index is 0.00246. The molecule has 4 nitrogen and oxygen atoms in total. The van der Waals surface area contributed by atoms with Gasteiger partial charge in [0.05, 0.1) is 13.2 Å². The van der Waals surface area contributed by atoms with Crippen molar-refractivity contribution in [1.82, 2.24) is 0 Å². The largest absolute Gasteiger partial charge is 0.466 e. The Balaban J connectivity index is 0. The SMILES string of the molecule is CCCCCCCCCCCCCCCCCC(=O)OCCC(C)CC(C)(C)C.CCCCCCCCCCCCCCCCCCCCCC(=O)OCCCCCCCCCCCCCCCCCC. The highest BCUT2D eigenvalue weighted by Gasteiger charge is 2.15. The molecule has 0 rings (SSSR count). The van der Waals surface area contributed by atoms with E-state index in [1.165, 1.54) is 308 Å². The average molecular weight is 1000 g/mol. The van der Waals surface area contributed by atoms with Gasteiger partial charge in [-0.3, -0.25) is 9.59 Å². The van der Waals surface area contributed by atoms with Crippen molar-refractivity contribution < 1.29 is 19.1 Å². The van der Waals surface area contributed by atoms with Gasteiger partial charge in [0.2, 0.25) is 0 Å². The third-order valence-electron chi connectivity index (χ3n) is 15.1. The van der Waals surface area contributed by atoms with Gasteiger partial charge in [-0.1, -0.05) is 350 Å². The molecule has 0 aromatic carbocycles. The first-order valence-corrected chi connectivity index (χ1v) is 33.0. The zero-order valence-electron chi connectivity index (χ0n) is 50.3. The fourth-order valence-corrected chi connectivity index (χ4v) is 10.5. The minimum absolute atomic E-state index is 0.00246. The molecular formula is C67H134O4. The van der Waals surface area contributed by atoms with E-state index in [0.29, 0.717) is 37.4 Å². The Hall–Kier alpha value is -1.06. The van der Waals surface area contributed by atoms with E-state index in [1.807, 2.05) is 0 Å². The summed E-state index contributed by atoms with van der Waals surface area (Å²) in [5.74, 6) is 0.652. The Morgan fingerprint density at radius 3 is 0.718 bits per heavy atom. The van der Waals surface area contributed by atoms with Crippen LogP contribution in [0.2, 0.25) is 0 Å². The van der Waals surface area contributed by atoms with Gasteiger partial charge in [0, 0.05) is 12.8 Å². The summed E-state index contributed by atoms with van der Waals surface area (Å²) < 4.78 is 10.9. The van der Waals surface area contributed by atoms with E-state index < -0.39 is 0 Å². The van der Waals surface area contributed by atoms with E-state index in [4.69, 9.17) is 9.47 Å². The quantitative estimate of drug-likeness (QED) is 0.0450. The van der Waals surface area contributed by atoms with Gasteiger partial charge in [-0.15, -0.1) is 0 Å². The lowest BCUT2D eigenvalue weighted by Crippen LogP contribution is -2.14. The van der Waals surface area contributed by atoms with E-state index in [1.54, 1.807) is 0 Å². The lowest BCUT2D eigenvalue weighted by atomic mass is 9.84. The topological polar surface area (TPSA) is 52.6 Å². The van der Waals surface area contributed by atoms with Crippen molar-refractivity contribution in [3.05, 3.63) is 0 Å². The predicted molar refractivity (Wildman–Crippen MR) is 317 cm³/mol. The molecule has 0 fully saturated rings. The average Bonchev–Trinajstić information content (AvgIpc) is 3.34. The molecule has 0 bridgehead atoms. The van der Waals surface area contributed by atoms with Crippen LogP contribution in [0.1, 0.15) is 395 Å². The van der Waals surface area contributed by atoms with Gasteiger partial charge >= 0.3 is 11.9 Å². The van der Waals surface area contributed by atoms with Crippen LogP contribution in [0, 0.1) is 11.3 Å². The summed E-state index contributed by atoms with van der Waals surface area (Å²) in [4.78, 5) is 23.8. The minimum Gasteiger partial charge on any atom is -0.466 e. The lowest BCUT2D eigenvalue weighted by molar-refractivity contribution is -0.145. The van der Waals surface area contributed by atoms with Crippen LogP contribution in [0.25, 0.3) is 0 Å². The second-order valence-corrected chi connectivity index (χ2v) is 24.2. The molecule has 0 saturated heterocycles. The van der Waals surface area contributed by atoms with Gasteiger partial charge in [-0.05, 0) is 43.4 Å². The van der Waals surface area contributed by atoms with E-state index in [9.17, 15) is 9.59 Å². The molecule has 0 aromatic heterocycles. The van der Waals surface area contributed by atoms with Gasteiger partial charge in [0.15, 0.2) is 0 Å². The van der Waals surface area contributed by atoms with Crippen LogP contribution >= 0.6 is 0 Å². The number of unbranched alkanes of at least 4 members (excludes halogenated alkanes) is 47. The van der Waals surface area contributed by atoms with Crippen LogP contribution in [0.5, 0.6) is 0 Å². The van der Waals surface area contributed by atoms with Gasteiger partial charge < -0.3 is 9.47 Å². The molecule has 0 amide bonds.